The molecule has 0 bridgehead atoms. The van der Waals surface area contributed by atoms with Gasteiger partial charge in [-0.15, -0.1) is 0 Å². The molecule has 0 amide bonds. The van der Waals surface area contributed by atoms with Gasteiger partial charge >= 0.3 is 11.4 Å². The Kier molecular flexibility index (Phi) is 7.24. The van der Waals surface area contributed by atoms with E-state index in [4.69, 9.17) is 0 Å². The molecule has 14 heteroatoms. The Labute approximate surface area is 196 Å². The van der Waals surface area contributed by atoms with Crippen LogP contribution in [-0.4, -0.2) is 35.3 Å². The summed E-state index contributed by atoms with van der Waals surface area (Å²) in [6.07, 6.45) is 1.22. The van der Waals surface area contributed by atoms with Crippen molar-refractivity contribution in [1.29, 1.82) is 0 Å². The minimum atomic E-state index is -0.966. The van der Waals surface area contributed by atoms with Crippen molar-refractivity contribution in [3.63, 3.8) is 0 Å². The fourth-order valence-corrected chi connectivity index (χ4v) is 3.18. The van der Waals surface area contributed by atoms with E-state index >= 15 is 0 Å². The average molecular weight is 484 g/mol. The van der Waals surface area contributed by atoms with Gasteiger partial charge in [-0.2, -0.15) is 5.10 Å². The Balaban J connectivity index is 2.21. The van der Waals surface area contributed by atoms with Crippen molar-refractivity contribution in [1.82, 2.24) is 9.55 Å². The second kappa shape index (κ2) is 10.3. The van der Waals surface area contributed by atoms with Gasteiger partial charge in [0.2, 0.25) is 5.88 Å². The number of hydrogen-bond donors (Lipinski definition) is 4. The standard InChI is InChI=1S/C21H20N6O8/c1-2-3-10-25-20(30)17(19(29)22-21(25)31)18(12-4-7-14(28)8-5-12)24-23-15-9-6-13(26(32)33)11-16(15)27(34)35/h4-9,11,23,28,30H,2-3,10H2,1H3,(H,22,29,31)/b24-18+. The number of nitro groups is 2. The smallest absolute Gasteiger partial charge is 0.331 e. The third-order valence-electron chi connectivity index (χ3n) is 4.96. The topological polar surface area (TPSA) is 206 Å². The Bertz CT molecular complexity index is 1430. The quantitative estimate of drug-likeness (QED) is 0.199. The van der Waals surface area contributed by atoms with Crippen LogP contribution in [0, 0.1) is 20.2 Å². The third-order valence-corrected chi connectivity index (χ3v) is 4.96. The number of phenolic OH excluding ortho intramolecular Hbond substituents is 1. The molecule has 0 aliphatic heterocycles. The van der Waals surface area contributed by atoms with Gasteiger partial charge in [-0.1, -0.05) is 13.3 Å². The fourth-order valence-electron chi connectivity index (χ4n) is 3.18. The van der Waals surface area contributed by atoms with Crippen LogP contribution in [0.5, 0.6) is 11.6 Å². The number of aromatic nitrogens is 2. The van der Waals surface area contributed by atoms with Crippen molar-refractivity contribution < 1.29 is 20.1 Å². The van der Waals surface area contributed by atoms with Gasteiger partial charge in [-0.3, -0.25) is 40.0 Å². The summed E-state index contributed by atoms with van der Waals surface area (Å²) in [7, 11) is 0. The molecule has 14 nitrogen and oxygen atoms in total. The van der Waals surface area contributed by atoms with Crippen LogP contribution in [0.25, 0.3) is 0 Å². The number of hydrazone groups is 1. The number of aromatic hydroxyl groups is 2. The van der Waals surface area contributed by atoms with Gasteiger partial charge in [-0.05, 0) is 36.8 Å². The van der Waals surface area contributed by atoms with E-state index in [1.807, 2.05) is 6.92 Å². The SMILES string of the molecule is CCCCn1c(O)c(/C(=N/Nc2ccc([N+](=O)[O-])cc2[N+](=O)[O-])c2ccc(O)cc2)c(=O)[nH]c1=O. The van der Waals surface area contributed by atoms with E-state index in [0.717, 1.165) is 22.8 Å². The number of nitrogens with one attached hydrogen (secondary N) is 2. The molecule has 0 unspecified atom stereocenters. The van der Waals surface area contributed by atoms with E-state index in [-0.39, 0.29) is 29.3 Å². The number of aromatic amines is 1. The largest absolute Gasteiger partial charge is 0.508 e. The lowest BCUT2D eigenvalue weighted by Crippen LogP contribution is -2.34. The van der Waals surface area contributed by atoms with E-state index in [1.54, 1.807) is 0 Å². The molecule has 4 N–H and O–H groups in total. The highest BCUT2D eigenvalue weighted by molar-refractivity contribution is 6.14. The van der Waals surface area contributed by atoms with Crippen molar-refractivity contribution in [2.75, 3.05) is 5.43 Å². The number of rotatable bonds is 9. The van der Waals surface area contributed by atoms with Crippen LogP contribution in [0.15, 0.2) is 57.2 Å². The molecule has 0 aliphatic rings. The Morgan fingerprint density at radius 3 is 2.37 bits per heavy atom. The average Bonchev–Trinajstić information content (AvgIpc) is 2.81. The maximum Gasteiger partial charge on any atom is 0.331 e. The molecule has 3 aromatic rings. The molecule has 0 aliphatic carbocycles. The normalized spacial score (nSPS) is 11.3. The van der Waals surface area contributed by atoms with Crippen molar-refractivity contribution in [2.24, 2.45) is 5.10 Å². The zero-order chi connectivity index (χ0) is 25.7. The Morgan fingerprint density at radius 1 is 1.09 bits per heavy atom. The van der Waals surface area contributed by atoms with Gasteiger partial charge in [0.15, 0.2) is 0 Å². The molecule has 2 aromatic carbocycles. The van der Waals surface area contributed by atoms with Crippen molar-refractivity contribution >= 4 is 22.8 Å². The first kappa shape index (κ1) is 24.6. The molecule has 35 heavy (non-hydrogen) atoms. The van der Waals surface area contributed by atoms with Crippen LogP contribution in [0.2, 0.25) is 0 Å². The molecule has 1 heterocycles. The number of anilines is 1. The molecule has 0 fully saturated rings. The first-order valence-electron chi connectivity index (χ1n) is 10.3. The maximum absolute atomic E-state index is 12.7. The van der Waals surface area contributed by atoms with Crippen LogP contribution in [0.3, 0.4) is 0 Å². The molecular weight excluding hydrogens is 464 g/mol. The van der Waals surface area contributed by atoms with Crippen LogP contribution in [0.4, 0.5) is 17.1 Å². The number of unbranched alkanes of at least 4 members (excludes halogenated alkanes) is 1. The predicted octanol–water partition coefficient (Wildman–Crippen LogP) is 2.43. The van der Waals surface area contributed by atoms with Crippen molar-refractivity contribution in [3.8, 4) is 11.6 Å². The van der Waals surface area contributed by atoms with E-state index in [2.05, 4.69) is 15.5 Å². The van der Waals surface area contributed by atoms with Gasteiger partial charge < -0.3 is 10.2 Å². The Hall–Kier alpha value is -5.01. The molecule has 182 valence electrons. The van der Waals surface area contributed by atoms with Gasteiger partial charge in [0.05, 0.1) is 15.9 Å². The summed E-state index contributed by atoms with van der Waals surface area (Å²) in [4.78, 5) is 47.8. The molecule has 0 saturated carbocycles. The minimum Gasteiger partial charge on any atom is -0.508 e. The highest BCUT2D eigenvalue weighted by atomic mass is 16.6. The summed E-state index contributed by atoms with van der Waals surface area (Å²) in [5.74, 6) is -0.767. The Morgan fingerprint density at radius 2 is 1.77 bits per heavy atom. The number of benzene rings is 2. The van der Waals surface area contributed by atoms with Gasteiger partial charge in [0.1, 0.15) is 22.7 Å². The number of phenols is 1. The van der Waals surface area contributed by atoms with Crippen molar-refractivity contribution in [3.05, 3.63) is 94.7 Å². The summed E-state index contributed by atoms with van der Waals surface area (Å²) >= 11 is 0. The molecule has 3 rings (SSSR count). The van der Waals surface area contributed by atoms with E-state index in [1.165, 1.54) is 24.3 Å². The van der Waals surface area contributed by atoms with Crippen molar-refractivity contribution in [2.45, 2.75) is 26.3 Å². The van der Waals surface area contributed by atoms with Crippen LogP contribution in [0.1, 0.15) is 30.9 Å². The highest BCUT2D eigenvalue weighted by Gasteiger charge is 2.23. The molecule has 0 saturated heterocycles. The second-order valence-corrected chi connectivity index (χ2v) is 7.30. The van der Waals surface area contributed by atoms with Gasteiger partial charge in [0, 0.05) is 18.2 Å². The maximum atomic E-state index is 12.7. The lowest BCUT2D eigenvalue weighted by Gasteiger charge is -2.13. The summed E-state index contributed by atoms with van der Waals surface area (Å²) in [6, 6.07) is 8.17. The van der Waals surface area contributed by atoms with Crippen LogP contribution in [-0.2, 0) is 6.54 Å². The first-order chi connectivity index (χ1) is 16.6. The fraction of sp³-hybridized carbons (Fsp3) is 0.190. The number of nitrogens with zero attached hydrogens (tertiary/aromatic N) is 4. The summed E-state index contributed by atoms with van der Waals surface area (Å²) in [5, 5.41) is 46.9. The minimum absolute atomic E-state index is 0.0990. The highest BCUT2D eigenvalue weighted by Crippen LogP contribution is 2.29. The number of nitro benzene ring substituents is 2. The van der Waals surface area contributed by atoms with E-state index < -0.39 is 43.9 Å². The third kappa shape index (κ3) is 5.32. The van der Waals surface area contributed by atoms with Gasteiger partial charge in [0.25, 0.3) is 11.2 Å². The monoisotopic (exact) mass is 484 g/mol. The van der Waals surface area contributed by atoms with Gasteiger partial charge in [-0.25, -0.2) is 4.79 Å². The predicted molar refractivity (Wildman–Crippen MR) is 125 cm³/mol. The number of hydrogen-bond acceptors (Lipinski definition) is 10. The molecule has 0 radical (unpaired) electrons. The summed E-state index contributed by atoms with van der Waals surface area (Å²) in [5.41, 5.74) is -1.17. The van der Waals surface area contributed by atoms with E-state index in [0.29, 0.717) is 12.8 Å². The first-order valence-corrected chi connectivity index (χ1v) is 10.3. The molecule has 1 aromatic heterocycles. The zero-order valence-electron chi connectivity index (χ0n) is 18.3. The second-order valence-electron chi connectivity index (χ2n) is 7.30. The number of H-pyrrole nitrogens is 1. The zero-order valence-corrected chi connectivity index (χ0v) is 18.3. The number of non-ortho nitro benzene ring substituents is 1. The van der Waals surface area contributed by atoms with Crippen LogP contribution >= 0.6 is 0 Å². The molecule has 0 spiro atoms. The summed E-state index contributed by atoms with van der Waals surface area (Å²) < 4.78 is 0.963. The molecule has 0 atom stereocenters. The molecular formula is C21H20N6O8. The van der Waals surface area contributed by atoms with Crippen LogP contribution < -0.4 is 16.7 Å². The lowest BCUT2D eigenvalue weighted by molar-refractivity contribution is -0.393. The van der Waals surface area contributed by atoms with E-state index in [9.17, 15) is 40.0 Å². The lowest BCUT2D eigenvalue weighted by atomic mass is 10.0. The summed E-state index contributed by atoms with van der Waals surface area (Å²) in [6.45, 7) is 1.98.